The van der Waals surface area contributed by atoms with Crippen molar-refractivity contribution in [1.29, 1.82) is 0 Å². The monoisotopic (exact) mass is 271 g/mol. The topological polar surface area (TPSA) is 62.0 Å². The summed E-state index contributed by atoms with van der Waals surface area (Å²) in [6, 6.07) is 0.592. The Labute approximate surface area is 116 Å². The van der Waals surface area contributed by atoms with E-state index in [4.69, 9.17) is 10.5 Å². The van der Waals surface area contributed by atoms with E-state index in [0.717, 1.165) is 13.1 Å². The van der Waals surface area contributed by atoms with Crippen LogP contribution < -0.4 is 5.73 Å². The highest BCUT2D eigenvalue weighted by Crippen LogP contribution is 2.22. The molecule has 2 heterocycles. The van der Waals surface area contributed by atoms with Crippen LogP contribution in [0.4, 0.5) is 0 Å². The van der Waals surface area contributed by atoms with Gasteiger partial charge in [0.05, 0.1) is 19.3 Å². The number of aliphatic hydroxyl groups excluding tert-OH is 1. The number of aliphatic hydroxyl groups is 1. The molecule has 0 saturated carbocycles. The summed E-state index contributed by atoms with van der Waals surface area (Å²) in [5, 5.41) is 9.59. The number of likely N-dealkylation sites (tertiary alicyclic amines) is 2. The molecule has 19 heavy (non-hydrogen) atoms. The quantitative estimate of drug-likeness (QED) is 0.705. The van der Waals surface area contributed by atoms with Gasteiger partial charge in [0.15, 0.2) is 0 Å². The molecule has 5 heteroatoms. The highest BCUT2D eigenvalue weighted by molar-refractivity contribution is 4.91. The summed E-state index contributed by atoms with van der Waals surface area (Å²) >= 11 is 0. The Kier molecular flexibility index (Phi) is 6.04. The summed E-state index contributed by atoms with van der Waals surface area (Å²) in [4.78, 5) is 4.97. The van der Waals surface area contributed by atoms with Gasteiger partial charge in [0.25, 0.3) is 0 Å². The van der Waals surface area contributed by atoms with E-state index in [2.05, 4.69) is 9.80 Å². The minimum absolute atomic E-state index is 0.0368. The highest BCUT2D eigenvalue weighted by atomic mass is 16.5. The maximum absolute atomic E-state index is 9.59. The minimum atomic E-state index is -0.102. The molecule has 3 N–H and O–H groups in total. The standard InChI is InChI=1S/C14H29N3O2/c1-19-11-13(15)14(10-18)17-8-5-12(9-17)16-6-3-2-4-7-16/h12-14,18H,2-11,15H2,1H3. The van der Waals surface area contributed by atoms with Gasteiger partial charge in [0.2, 0.25) is 0 Å². The third-order valence-corrected chi connectivity index (χ3v) is 4.61. The zero-order chi connectivity index (χ0) is 13.7. The summed E-state index contributed by atoms with van der Waals surface area (Å²) in [6.45, 7) is 5.21. The second-order valence-corrected chi connectivity index (χ2v) is 5.90. The second-order valence-electron chi connectivity index (χ2n) is 5.90. The molecule has 0 aromatic heterocycles. The Balaban J connectivity index is 1.85. The summed E-state index contributed by atoms with van der Waals surface area (Å²) in [7, 11) is 1.66. The van der Waals surface area contributed by atoms with Crippen LogP contribution in [-0.4, -0.2) is 79.5 Å². The number of hydrogen-bond acceptors (Lipinski definition) is 5. The van der Waals surface area contributed by atoms with Crippen molar-refractivity contribution in [2.45, 2.75) is 43.8 Å². The fourth-order valence-corrected chi connectivity index (χ4v) is 3.48. The number of nitrogens with two attached hydrogens (primary N) is 1. The number of ether oxygens (including phenoxy) is 1. The third kappa shape index (κ3) is 3.89. The smallest absolute Gasteiger partial charge is 0.0629 e. The molecular formula is C14H29N3O2. The average molecular weight is 271 g/mol. The lowest BCUT2D eigenvalue weighted by molar-refractivity contribution is 0.0764. The molecule has 2 aliphatic heterocycles. The van der Waals surface area contributed by atoms with Crippen LogP contribution in [0, 0.1) is 0 Å². The van der Waals surface area contributed by atoms with Gasteiger partial charge >= 0.3 is 0 Å². The molecule has 2 saturated heterocycles. The third-order valence-electron chi connectivity index (χ3n) is 4.61. The summed E-state index contributed by atoms with van der Waals surface area (Å²) in [6.07, 6.45) is 5.26. The van der Waals surface area contributed by atoms with Gasteiger partial charge in [-0.2, -0.15) is 0 Å². The minimum Gasteiger partial charge on any atom is -0.395 e. The number of rotatable bonds is 6. The summed E-state index contributed by atoms with van der Waals surface area (Å²) in [5.41, 5.74) is 6.10. The fourth-order valence-electron chi connectivity index (χ4n) is 3.48. The molecule has 0 aliphatic carbocycles. The van der Waals surface area contributed by atoms with Gasteiger partial charge in [-0.25, -0.2) is 0 Å². The van der Waals surface area contributed by atoms with E-state index in [1.807, 2.05) is 0 Å². The molecule has 3 atom stereocenters. The van der Waals surface area contributed by atoms with Crippen LogP contribution in [0.3, 0.4) is 0 Å². The fraction of sp³-hybridized carbons (Fsp3) is 1.00. The molecule has 0 radical (unpaired) electrons. The van der Waals surface area contributed by atoms with Gasteiger partial charge in [-0.05, 0) is 32.4 Å². The van der Waals surface area contributed by atoms with Gasteiger partial charge in [0, 0.05) is 32.3 Å². The van der Waals surface area contributed by atoms with Crippen LogP contribution >= 0.6 is 0 Å². The number of nitrogens with zero attached hydrogens (tertiary/aromatic N) is 2. The zero-order valence-electron chi connectivity index (χ0n) is 12.1. The van der Waals surface area contributed by atoms with Crippen LogP contribution in [0.5, 0.6) is 0 Å². The largest absolute Gasteiger partial charge is 0.395 e. The predicted molar refractivity (Wildman–Crippen MR) is 76.1 cm³/mol. The number of hydrogen-bond donors (Lipinski definition) is 2. The highest BCUT2D eigenvalue weighted by Gasteiger charge is 2.34. The van der Waals surface area contributed by atoms with E-state index in [1.54, 1.807) is 7.11 Å². The van der Waals surface area contributed by atoms with Crippen molar-refractivity contribution in [2.24, 2.45) is 5.73 Å². The molecule has 3 unspecified atom stereocenters. The maximum atomic E-state index is 9.59. The van der Waals surface area contributed by atoms with E-state index in [0.29, 0.717) is 12.6 Å². The van der Waals surface area contributed by atoms with Crippen molar-refractivity contribution >= 4 is 0 Å². The van der Waals surface area contributed by atoms with Crippen LogP contribution in [0.1, 0.15) is 25.7 Å². The SMILES string of the molecule is COCC(N)C(CO)N1CCC(N2CCCCC2)C1. The van der Waals surface area contributed by atoms with Gasteiger partial charge in [-0.3, -0.25) is 9.80 Å². The zero-order valence-corrected chi connectivity index (χ0v) is 12.1. The van der Waals surface area contributed by atoms with Gasteiger partial charge in [-0.1, -0.05) is 6.42 Å². The molecule has 0 bridgehead atoms. The second kappa shape index (κ2) is 7.55. The first-order valence-electron chi connectivity index (χ1n) is 7.59. The van der Waals surface area contributed by atoms with Crippen molar-refractivity contribution in [3.05, 3.63) is 0 Å². The Morgan fingerprint density at radius 3 is 2.63 bits per heavy atom. The lowest BCUT2D eigenvalue weighted by atomic mass is 10.1. The molecule has 0 aromatic carbocycles. The predicted octanol–water partition coefficient (Wildman–Crippen LogP) is -0.119. The molecule has 2 aliphatic rings. The van der Waals surface area contributed by atoms with Crippen molar-refractivity contribution in [3.63, 3.8) is 0 Å². The van der Waals surface area contributed by atoms with Crippen molar-refractivity contribution in [2.75, 3.05) is 46.5 Å². The van der Waals surface area contributed by atoms with Crippen LogP contribution in [-0.2, 0) is 4.74 Å². The Bertz CT molecular complexity index is 259. The van der Waals surface area contributed by atoms with Crippen LogP contribution in [0.2, 0.25) is 0 Å². The lowest BCUT2D eigenvalue weighted by Crippen LogP contribution is -2.52. The first-order valence-corrected chi connectivity index (χ1v) is 7.59. The average Bonchev–Trinajstić information content (AvgIpc) is 2.90. The van der Waals surface area contributed by atoms with E-state index < -0.39 is 0 Å². The normalized spacial score (nSPS) is 29.5. The molecule has 0 amide bonds. The Morgan fingerprint density at radius 1 is 1.26 bits per heavy atom. The van der Waals surface area contributed by atoms with E-state index in [9.17, 15) is 5.11 Å². The molecular weight excluding hydrogens is 242 g/mol. The van der Waals surface area contributed by atoms with Gasteiger partial charge in [-0.15, -0.1) is 0 Å². The van der Waals surface area contributed by atoms with Crippen LogP contribution in [0.25, 0.3) is 0 Å². The van der Waals surface area contributed by atoms with E-state index >= 15 is 0 Å². The van der Waals surface area contributed by atoms with E-state index in [-0.39, 0.29) is 18.7 Å². The molecule has 0 spiro atoms. The molecule has 5 nitrogen and oxygen atoms in total. The molecule has 112 valence electrons. The summed E-state index contributed by atoms with van der Waals surface area (Å²) < 4.78 is 5.12. The first kappa shape index (κ1) is 15.2. The van der Waals surface area contributed by atoms with Gasteiger partial charge in [0.1, 0.15) is 0 Å². The number of piperidine rings is 1. The first-order chi connectivity index (χ1) is 9.26. The Hall–Kier alpha value is -0.200. The Morgan fingerprint density at radius 2 is 2.00 bits per heavy atom. The lowest BCUT2D eigenvalue weighted by Gasteiger charge is -2.34. The summed E-state index contributed by atoms with van der Waals surface area (Å²) in [5.74, 6) is 0. The molecule has 2 fully saturated rings. The number of methoxy groups -OCH3 is 1. The van der Waals surface area contributed by atoms with Crippen LogP contribution in [0.15, 0.2) is 0 Å². The van der Waals surface area contributed by atoms with Gasteiger partial charge < -0.3 is 15.6 Å². The van der Waals surface area contributed by atoms with E-state index in [1.165, 1.54) is 38.8 Å². The molecule has 2 rings (SSSR count). The van der Waals surface area contributed by atoms with Crippen molar-refractivity contribution in [3.8, 4) is 0 Å². The van der Waals surface area contributed by atoms with Crippen molar-refractivity contribution in [1.82, 2.24) is 9.80 Å². The van der Waals surface area contributed by atoms with Crippen molar-refractivity contribution < 1.29 is 9.84 Å². The maximum Gasteiger partial charge on any atom is 0.0629 e. The molecule has 0 aromatic rings.